The maximum Gasteiger partial charge on any atom is 0.168 e. The van der Waals surface area contributed by atoms with Crippen molar-refractivity contribution in [2.24, 2.45) is 0 Å². The lowest BCUT2D eigenvalue weighted by Crippen LogP contribution is -2.40. The van der Waals surface area contributed by atoms with Crippen LogP contribution >= 0.6 is 0 Å². The first kappa shape index (κ1) is 24.1. The molecule has 4 heteroatoms. The monoisotopic (exact) mass is 436 g/mol. The Morgan fingerprint density at radius 3 is 1.59 bits per heavy atom. The van der Waals surface area contributed by atoms with Crippen molar-refractivity contribution < 1.29 is 18.9 Å². The fourth-order valence-corrected chi connectivity index (χ4v) is 4.12. The Morgan fingerprint density at radius 1 is 0.656 bits per heavy atom. The predicted molar refractivity (Wildman–Crippen MR) is 129 cm³/mol. The van der Waals surface area contributed by atoms with Crippen molar-refractivity contribution >= 4 is 0 Å². The van der Waals surface area contributed by atoms with Gasteiger partial charge in [0.05, 0.1) is 13.2 Å². The Morgan fingerprint density at radius 2 is 1.12 bits per heavy atom. The van der Waals surface area contributed by atoms with Gasteiger partial charge in [-0.1, -0.05) is 55.0 Å². The molecule has 1 aliphatic rings. The van der Waals surface area contributed by atoms with Crippen molar-refractivity contribution in [2.75, 3.05) is 26.4 Å². The lowest BCUT2D eigenvalue weighted by molar-refractivity contribution is -0.256. The molecule has 172 valence electrons. The molecule has 1 saturated carbocycles. The highest BCUT2D eigenvalue weighted by Gasteiger charge is 2.34. The van der Waals surface area contributed by atoms with Crippen molar-refractivity contribution in [3.63, 3.8) is 0 Å². The summed E-state index contributed by atoms with van der Waals surface area (Å²) in [6, 6.07) is 16.1. The van der Waals surface area contributed by atoms with Gasteiger partial charge in [0, 0.05) is 12.8 Å². The first-order valence-electron chi connectivity index (χ1n) is 11.7. The summed E-state index contributed by atoms with van der Waals surface area (Å²) in [6.45, 7) is 9.61. The number of hydrogen-bond donors (Lipinski definition) is 0. The first-order valence-corrected chi connectivity index (χ1v) is 11.7. The molecule has 0 radical (unpaired) electrons. The summed E-state index contributed by atoms with van der Waals surface area (Å²) in [4.78, 5) is 0. The molecule has 0 aromatic heterocycles. The van der Waals surface area contributed by atoms with Gasteiger partial charge in [0.25, 0.3) is 0 Å². The zero-order valence-electron chi connectivity index (χ0n) is 19.1. The Hall–Kier alpha value is -2.56. The van der Waals surface area contributed by atoms with Crippen molar-refractivity contribution in [3.05, 3.63) is 85.0 Å². The van der Waals surface area contributed by atoms with Crippen LogP contribution in [-0.2, 0) is 22.3 Å². The van der Waals surface area contributed by atoms with Crippen molar-refractivity contribution in [1.29, 1.82) is 0 Å². The molecule has 0 unspecified atom stereocenters. The van der Waals surface area contributed by atoms with E-state index in [1.807, 2.05) is 48.6 Å². The van der Waals surface area contributed by atoms with Crippen LogP contribution in [0.1, 0.15) is 43.2 Å². The largest absolute Gasteiger partial charge is 0.491 e. The fraction of sp³-hybridized carbons (Fsp3) is 0.429. The van der Waals surface area contributed by atoms with Crippen LogP contribution in [0.15, 0.2) is 73.8 Å². The quantitative estimate of drug-likeness (QED) is 0.198. The average Bonchev–Trinajstić information content (AvgIpc) is 2.83. The van der Waals surface area contributed by atoms with Gasteiger partial charge in [-0.2, -0.15) is 0 Å². The average molecular weight is 437 g/mol. The molecule has 0 bridgehead atoms. The number of rotatable bonds is 14. The summed E-state index contributed by atoms with van der Waals surface area (Å²) in [5.74, 6) is 1.24. The second kappa shape index (κ2) is 13.1. The van der Waals surface area contributed by atoms with Gasteiger partial charge in [-0.25, -0.2) is 0 Å². The van der Waals surface area contributed by atoms with Crippen LogP contribution in [0.4, 0.5) is 0 Å². The molecule has 1 fully saturated rings. The number of benzene rings is 2. The molecule has 0 heterocycles. The van der Waals surface area contributed by atoms with E-state index in [1.165, 1.54) is 6.42 Å². The number of hydrogen-bond acceptors (Lipinski definition) is 4. The zero-order valence-corrected chi connectivity index (χ0v) is 19.1. The molecule has 2 aromatic carbocycles. The Kier molecular flexibility index (Phi) is 9.86. The zero-order chi connectivity index (χ0) is 22.5. The van der Waals surface area contributed by atoms with Crippen LogP contribution in [0.5, 0.6) is 11.5 Å². The molecule has 0 amide bonds. The minimum absolute atomic E-state index is 0.491. The van der Waals surface area contributed by atoms with Crippen molar-refractivity contribution in [1.82, 2.24) is 0 Å². The van der Waals surface area contributed by atoms with Crippen LogP contribution < -0.4 is 9.47 Å². The second-order valence-electron chi connectivity index (χ2n) is 8.07. The van der Waals surface area contributed by atoms with E-state index in [9.17, 15) is 0 Å². The van der Waals surface area contributed by atoms with Crippen LogP contribution in [0.3, 0.4) is 0 Å². The lowest BCUT2D eigenvalue weighted by atomic mass is 9.94. The van der Waals surface area contributed by atoms with E-state index in [0.717, 1.165) is 61.2 Å². The highest BCUT2D eigenvalue weighted by atomic mass is 16.7. The molecule has 0 spiro atoms. The maximum atomic E-state index is 6.27. The number of allylic oxidation sites excluding steroid dienone is 2. The van der Waals surface area contributed by atoms with E-state index in [-0.39, 0.29) is 0 Å². The van der Waals surface area contributed by atoms with E-state index in [0.29, 0.717) is 26.4 Å². The van der Waals surface area contributed by atoms with Gasteiger partial charge >= 0.3 is 0 Å². The molecule has 0 N–H and O–H groups in total. The smallest absolute Gasteiger partial charge is 0.168 e. The van der Waals surface area contributed by atoms with E-state index in [1.54, 1.807) is 0 Å². The van der Waals surface area contributed by atoms with Crippen molar-refractivity contribution in [2.45, 2.75) is 50.7 Å². The van der Waals surface area contributed by atoms with Gasteiger partial charge in [-0.3, -0.25) is 0 Å². The van der Waals surface area contributed by atoms with Crippen molar-refractivity contribution in [3.8, 4) is 11.5 Å². The third-order valence-corrected chi connectivity index (χ3v) is 5.70. The van der Waals surface area contributed by atoms with Crippen LogP contribution in [0.2, 0.25) is 0 Å². The van der Waals surface area contributed by atoms with Crippen LogP contribution in [-0.4, -0.2) is 32.2 Å². The molecule has 3 rings (SSSR count). The second-order valence-corrected chi connectivity index (χ2v) is 8.07. The van der Waals surface area contributed by atoms with E-state index >= 15 is 0 Å². The highest BCUT2D eigenvalue weighted by Crippen LogP contribution is 2.33. The summed E-state index contributed by atoms with van der Waals surface area (Å²) >= 11 is 0. The minimum Gasteiger partial charge on any atom is -0.491 e. The summed E-state index contributed by atoms with van der Waals surface area (Å²) in [5, 5.41) is 0. The van der Waals surface area contributed by atoms with Gasteiger partial charge in [0.1, 0.15) is 24.7 Å². The Bertz CT molecular complexity index is 775. The fourth-order valence-electron chi connectivity index (χ4n) is 4.12. The van der Waals surface area contributed by atoms with Crippen LogP contribution in [0, 0.1) is 0 Å². The summed E-state index contributed by atoms with van der Waals surface area (Å²) < 4.78 is 24.5. The van der Waals surface area contributed by atoms with Gasteiger partial charge in [0.2, 0.25) is 0 Å². The molecule has 32 heavy (non-hydrogen) atoms. The standard InChI is InChI=1S/C28H36O4/c1-3-12-24-14-6-8-16-26(24)29-20-22-31-28(18-10-5-11-19-28)32-23-21-30-27-17-9-7-15-25(27)13-4-2/h3-4,6-9,14-17H,1-2,5,10-13,18-23H2. The SMILES string of the molecule is C=CCc1ccccc1OCCOC1(OCCOc2ccccc2CC=C)CCCCC1. The summed E-state index contributed by atoms with van der Waals surface area (Å²) in [7, 11) is 0. The maximum absolute atomic E-state index is 6.27. The normalized spacial score (nSPS) is 15.1. The molecule has 1 aliphatic carbocycles. The molecular formula is C28H36O4. The minimum atomic E-state index is -0.535. The molecule has 0 saturated heterocycles. The molecule has 4 nitrogen and oxygen atoms in total. The number of para-hydroxylation sites is 2. The van der Waals surface area contributed by atoms with Gasteiger partial charge < -0.3 is 18.9 Å². The van der Waals surface area contributed by atoms with E-state index in [4.69, 9.17) is 18.9 Å². The van der Waals surface area contributed by atoms with E-state index in [2.05, 4.69) is 25.3 Å². The van der Waals surface area contributed by atoms with Gasteiger partial charge in [0.15, 0.2) is 5.79 Å². The van der Waals surface area contributed by atoms with Crippen LogP contribution in [0.25, 0.3) is 0 Å². The molecule has 0 aliphatic heterocycles. The highest BCUT2D eigenvalue weighted by molar-refractivity contribution is 5.35. The Balaban J connectivity index is 1.47. The molecular weight excluding hydrogens is 400 g/mol. The third kappa shape index (κ3) is 7.25. The topological polar surface area (TPSA) is 36.9 Å². The summed E-state index contributed by atoms with van der Waals surface area (Å²) in [6.07, 6.45) is 10.6. The first-order chi connectivity index (χ1) is 15.8. The third-order valence-electron chi connectivity index (χ3n) is 5.70. The number of ether oxygens (including phenoxy) is 4. The molecule has 2 aromatic rings. The summed E-state index contributed by atoms with van der Waals surface area (Å²) in [5.41, 5.74) is 2.28. The molecule has 0 atom stereocenters. The lowest BCUT2D eigenvalue weighted by Gasteiger charge is -2.37. The van der Waals surface area contributed by atoms with Gasteiger partial charge in [-0.05, 0) is 48.9 Å². The predicted octanol–water partition coefficient (Wildman–Crippen LogP) is 6.30. The Labute approximate surface area is 192 Å². The van der Waals surface area contributed by atoms with Gasteiger partial charge in [-0.15, -0.1) is 13.2 Å². The van der Waals surface area contributed by atoms with E-state index < -0.39 is 5.79 Å².